The molecule has 0 fully saturated rings. The number of aliphatic imine (C=N–C) groups is 1. The van der Waals surface area contributed by atoms with E-state index >= 15 is 0 Å². The molecule has 1 aromatic rings. The maximum Gasteiger partial charge on any atom is 0.341 e. The number of alkyl halides is 1. The van der Waals surface area contributed by atoms with Gasteiger partial charge in [0.05, 0.1) is 13.0 Å². The number of para-hydroxylation sites is 1. The third kappa shape index (κ3) is 2.64. The lowest BCUT2D eigenvalue weighted by Gasteiger charge is -2.05. The number of esters is 1. The quantitative estimate of drug-likeness (QED) is 0.363. The van der Waals surface area contributed by atoms with E-state index in [0.717, 1.165) is 0 Å². The van der Waals surface area contributed by atoms with Crippen molar-refractivity contribution in [1.29, 1.82) is 0 Å². The predicted molar refractivity (Wildman–Crippen MR) is 61.4 cm³/mol. The number of aromatic hydroxyl groups is 1. The van der Waals surface area contributed by atoms with Crippen molar-refractivity contribution >= 4 is 29.1 Å². The Morgan fingerprint density at radius 1 is 1.62 bits per heavy atom. The molecule has 16 heavy (non-hydrogen) atoms. The molecule has 86 valence electrons. The van der Waals surface area contributed by atoms with Gasteiger partial charge in [0.1, 0.15) is 17.1 Å². The molecular weight excluding hydrogens is 232 g/mol. The molecule has 0 spiro atoms. The first-order valence-electron chi connectivity index (χ1n) is 4.39. The van der Waals surface area contributed by atoms with Gasteiger partial charge >= 0.3 is 5.97 Å². The molecule has 0 unspecified atom stereocenters. The first kappa shape index (κ1) is 12.3. The van der Waals surface area contributed by atoms with E-state index < -0.39 is 5.97 Å². The molecule has 0 saturated heterocycles. The Kier molecular flexibility index (Phi) is 4.13. The summed E-state index contributed by atoms with van der Waals surface area (Å²) in [5.41, 5.74) is 5.64. The van der Waals surface area contributed by atoms with Crippen molar-refractivity contribution in [2.45, 2.75) is 0 Å². The molecule has 0 aliphatic rings. The predicted octanol–water partition coefficient (Wildman–Crippen LogP) is 1.41. The fraction of sp³-hybridized carbons (Fsp3) is 0.200. The van der Waals surface area contributed by atoms with Crippen LogP contribution in [0.15, 0.2) is 23.2 Å². The molecule has 0 saturated carbocycles. The first-order chi connectivity index (χ1) is 7.60. The fourth-order valence-corrected chi connectivity index (χ4v) is 1.14. The van der Waals surface area contributed by atoms with Crippen molar-refractivity contribution in [1.82, 2.24) is 0 Å². The minimum atomic E-state index is -0.640. The fourth-order valence-electron chi connectivity index (χ4n) is 1.08. The van der Waals surface area contributed by atoms with E-state index in [0.29, 0.717) is 0 Å². The van der Waals surface area contributed by atoms with Crippen LogP contribution in [-0.2, 0) is 4.74 Å². The average molecular weight is 243 g/mol. The molecule has 0 aliphatic heterocycles. The van der Waals surface area contributed by atoms with Gasteiger partial charge in [0, 0.05) is 0 Å². The average Bonchev–Trinajstić information content (AvgIpc) is 2.30. The number of hydrogen-bond donors (Lipinski definition) is 2. The number of nitrogens with two attached hydrogens (primary N) is 1. The Labute approximate surface area is 97.5 Å². The van der Waals surface area contributed by atoms with Gasteiger partial charge in [-0.25, -0.2) is 9.79 Å². The lowest BCUT2D eigenvalue weighted by Crippen LogP contribution is -2.12. The number of ether oxygens (including phenoxy) is 1. The van der Waals surface area contributed by atoms with Gasteiger partial charge in [-0.2, -0.15) is 0 Å². The van der Waals surface area contributed by atoms with Gasteiger partial charge in [-0.15, -0.1) is 11.6 Å². The molecule has 3 N–H and O–H groups in total. The summed E-state index contributed by atoms with van der Waals surface area (Å²) < 4.78 is 4.50. The third-order valence-corrected chi connectivity index (χ3v) is 2.09. The van der Waals surface area contributed by atoms with Crippen LogP contribution in [0.25, 0.3) is 0 Å². The summed E-state index contributed by atoms with van der Waals surface area (Å²) in [5.74, 6) is -0.720. The number of carbonyl (C=O) groups excluding carboxylic acids is 1. The molecule has 0 aliphatic carbocycles. The van der Waals surface area contributed by atoms with Crippen molar-refractivity contribution in [3.63, 3.8) is 0 Å². The van der Waals surface area contributed by atoms with E-state index in [9.17, 15) is 9.90 Å². The Morgan fingerprint density at radius 3 is 2.88 bits per heavy atom. The van der Waals surface area contributed by atoms with Gasteiger partial charge < -0.3 is 15.6 Å². The van der Waals surface area contributed by atoms with Crippen LogP contribution in [0.1, 0.15) is 10.4 Å². The van der Waals surface area contributed by atoms with Crippen LogP contribution in [0.4, 0.5) is 5.69 Å². The van der Waals surface area contributed by atoms with Gasteiger partial charge in [0.25, 0.3) is 0 Å². The summed E-state index contributed by atoms with van der Waals surface area (Å²) in [5, 5.41) is 9.73. The number of nitrogens with zero attached hydrogens (tertiary/aromatic N) is 1. The van der Waals surface area contributed by atoms with Crippen molar-refractivity contribution in [3.8, 4) is 5.75 Å². The number of amidine groups is 1. The van der Waals surface area contributed by atoms with Crippen LogP contribution in [0, 0.1) is 0 Å². The highest BCUT2D eigenvalue weighted by Crippen LogP contribution is 2.30. The lowest BCUT2D eigenvalue weighted by atomic mass is 10.2. The second kappa shape index (κ2) is 5.37. The topological polar surface area (TPSA) is 84.9 Å². The third-order valence-electron chi connectivity index (χ3n) is 1.82. The van der Waals surface area contributed by atoms with Crippen LogP contribution in [-0.4, -0.2) is 29.9 Å². The second-order valence-corrected chi connectivity index (χ2v) is 3.17. The zero-order chi connectivity index (χ0) is 12.1. The summed E-state index contributed by atoms with van der Waals surface area (Å²) in [4.78, 5) is 15.1. The summed E-state index contributed by atoms with van der Waals surface area (Å²) in [6.07, 6.45) is 0. The standard InChI is InChI=1S/C10H11ClN2O3/c1-16-10(15)6-3-2-4-7(9(6)14)13-8(12)5-11/h2-4,14H,5H2,1H3,(H2,12,13). The van der Waals surface area contributed by atoms with E-state index in [1.54, 1.807) is 6.07 Å². The van der Waals surface area contributed by atoms with Crippen molar-refractivity contribution < 1.29 is 14.6 Å². The molecule has 5 nitrogen and oxygen atoms in total. The Hall–Kier alpha value is -1.75. The maximum absolute atomic E-state index is 11.3. The Morgan fingerprint density at radius 2 is 2.31 bits per heavy atom. The molecule has 1 aromatic carbocycles. The van der Waals surface area contributed by atoms with Crippen LogP contribution in [0.3, 0.4) is 0 Å². The monoisotopic (exact) mass is 242 g/mol. The number of halogens is 1. The van der Waals surface area contributed by atoms with E-state index in [1.165, 1.54) is 19.2 Å². The van der Waals surface area contributed by atoms with Gasteiger partial charge in [0.2, 0.25) is 0 Å². The summed E-state index contributed by atoms with van der Waals surface area (Å²) in [6, 6.07) is 4.50. The summed E-state index contributed by atoms with van der Waals surface area (Å²) >= 11 is 5.45. The number of carbonyl (C=O) groups is 1. The van der Waals surface area contributed by atoms with Crippen molar-refractivity contribution in [2.24, 2.45) is 10.7 Å². The van der Waals surface area contributed by atoms with Crippen LogP contribution < -0.4 is 5.73 Å². The zero-order valence-electron chi connectivity index (χ0n) is 8.61. The van der Waals surface area contributed by atoms with E-state index in [4.69, 9.17) is 17.3 Å². The number of benzene rings is 1. The van der Waals surface area contributed by atoms with Crippen molar-refractivity contribution in [3.05, 3.63) is 23.8 Å². The van der Waals surface area contributed by atoms with Crippen molar-refractivity contribution in [2.75, 3.05) is 13.0 Å². The summed E-state index contributed by atoms with van der Waals surface area (Å²) in [6.45, 7) is 0. The molecule has 0 amide bonds. The molecule has 0 heterocycles. The van der Waals surface area contributed by atoms with Crippen LogP contribution >= 0.6 is 11.6 Å². The smallest absolute Gasteiger partial charge is 0.341 e. The number of phenols is 1. The van der Waals surface area contributed by atoms with Crippen LogP contribution in [0.2, 0.25) is 0 Å². The van der Waals surface area contributed by atoms with E-state index in [-0.39, 0.29) is 28.7 Å². The largest absolute Gasteiger partial charge is 0.505 e. The molecule has 1 rings (SSSR count). The molecule has 0 bridgehead atoms. The SMILES string of the molecule is COC(=O)c1cccc(N=C(N)CCl)c1O. The van der Waals surface area contributed by atoms with Crippen LogP contribution in [0.5, 0.6) is 5.75 Å². The van der Waals surface area contributed by atoms with Gasteiger partial charge in [-0.05, 0) is 12.1 Å². The number of hydrogen-bond acceptors (Lipinski definition) is 4. The lowest BCUT2D eigenvalue weighted by molar-refractivity contribution is 0.0597. The van der Waals surface area contributed by atoms with Gasteiger partial charge in [-0.1, -0.05) is 6.07 Å². The normalized spacial score (nSPS) is 11.2. The van der Waals surface area contributed by atoms with E-state index in [2.05, 4.69) is 9.73 Å². The van der Waals surface area contributed by atoms with E-state index in [1.807, 2.05) is 0 Å². The Bertz CT molecular complexity index is 432. The summed E-state index contributed by atoms with van der Waals surface area (Å²) in [7, 11) is 1.23. The Balaban J connectivity index is 3.19. The first-order valence-corrected chi connectivity index (χ1v) is 4.93. The molecule has 0 aromatic heterocycles. The highest BCUT2D eigenvalue weighted by atomic mass is 35.5. The highest BCUT2D eigenvalue weighted by Gasteiger charge is 2.14. The minimum Gasteiger partial charge on any atom is -0.505 e. The highest BCUT2D eigenvalue weighted by molar-refractivity contribution is 6.28. The molecule has 6 heteroatoms. The molecule has 0 atom stereocenters. The maximum atomic E-state index is 11.3. The van der Waals surface area contributed by atoms with Gasteiger partial charge in [-0.3, -0.25) is 0 Å². The number of rotatable bonds is 3. The minimum absolute atomic E-state index is 0.0334. The number of methoxy groups -OCH3 is 1. The molecule has 0 radical (unpaired) electrons. The number of phenolic OH excluding ortho intramolecular Hbond substituents is 1. The second-order valence-electron chi connectivity index (χ2n) is 2.90. The zero-order valence-corrected chi connectivity index (χ0v) is 9.36. The van der Waals surface area contributed by atoms with Gasteiger partial charge in [0.15, 0.2) is 5.75 Å². The molecular formula is C10H11ClN2O3.